The number of ether oxygens (including phenoxy) is 1. The first-order valence-corrected chi connectivity index (χ1v) is 11.6. The summed E-state index contributed by atoms with van der Waals surface area (Å²) in [5, 5.41) is 12.6. The average Bonchev–Trinajstić information content (AvgIpc) is 3.68. The summed E-state index contributed by atoms with van der Waals surface area (Å²) in [7, 11) is 0. The molecule has 2 unspecified atom stereocenters. The van der Waals surface area contributed by atoms with Crippen LogP contribution in [0, 0.1) is 5.92 Å². The molecule has 0 radical (unpaired) electrons. The third-order valence-electron chi connectivity index (χ3n) is 7.09. The van der Waals surface area contributed by atoms with Gasteiger partial charge in [-0.15, -0.1) is 0 Å². The predicted molar refractivity (Wildman–Crippen MR) is 120 cm³/mol. The number of hydrogen-bond acceptors (Lipinski definition) is 4. The van der Waals surface area contributed by atoms with Crippen LogP contribution in [0.3, 0.4) is 0 Å². The molecule has 2 N–H and O–H groups in total. The Kier molecular flexibility index (Phi) is 5.46. The fraction of sp³-hybridized carbons (Fsp3) is 0.500. The molecular formula is C26H31FN2O3. The van der Waals surface area contributed by atoms with Crippen molar-refractivity contribution in [3.63, 3.8) is 0 Å². The number of nitrogens with zero attached hydrogens (tertiary/aromatic N) is 1. The van der Waals surface area contributed by atoms with Gasteiger partial charge in [0.25, 0.3) is 5.91 Å². The Bertz CT molecular complexity index is 1000. The maximum Gasteiger partial charge on any atom is 0.252 e. The fourth-order valence-electron chi connectivity index (χ4n) is 4.38. The highest BCUT2D eigenvalue weighted by molar-refractivity contribution is 5.87. The van der Waals surface area contributed by atoms with E-state index in [1.54, 1.807) is 6.92 Å². The molecule has 32 heavy (non-hydrogen) atoms. The first-order valence-electron chi connectivity index (χ1n) is 11.6. The molecule has 6 heteroatoms. The van der Waals surface area contributed by atoms with Gasteiger partial charge in [0.2, 0.25) is 0 Å². The van der Waals surface area contributed by atoms with Gasteiger partial charge in [-0.3, -0.25) is 9.69 Å². The quantitative estimate of drug-likeness (QED) is 0.662. The van der Waals surface area contributed by atoms with Crippen molar-refractivity contribution in [1.29, 1.82) is 0 Å². The number of fused-ring (bicyclic) bond motifs is 1. The lowest BCUT2D eigenvalue weighted by Gasteiger charge is -2.29. The molecule has 3 aliphatic rings. The van der Waals surface area contributed by atoms with Crippen LogP contribution in [-0.4, -0.2) is 40.3 Å². The number of rotatable bonds is 8. The smallest absolute Gasteiger partial charge is 0.252 e. The number of benzene rings is 2. The Morgan fingerprint density at radius 1 is 1.19 bits per heavy atom. The van der Waals surface area contributed by atoms with E-state index >= 15 is 0 Å². The van der Waals surface area contributed by atoms with Crippen molar-refractivity contribution in [3.05, 3.63) is 64.7 Å². The van der Waals surface area contributed by atoms with E-state index in [1.165, 1.54) is 16.7 Å². The Morgan fingerprint density at radius 3 is 2.59 bits per heavy atom. The maximum atomic E-state index is 13.7. The van der Waals surface area contributed by atoms with Gasteiger partial charge in [-0.1, -0.05) is 30.3 Å². The monoisotopic (exact) mass is 438 g/mol. The summed E-state index contributed by atoms with van der Waals surface area (Å²) in [4.78, 5) is 14.3. The summed E-state index contributed by atoms with van der Waals surface area (Å²) in [6.45, 7) is 5.30. The standard InChI is InChI=1S/C26H31FN2O3/c1-25(27)13-22(25)17-32-23-7-6-21-16-29(11-8-20(21)12-23)15-19-4-2-18(3-5-19)14-28-24(30)26(31)9-10-26/h2-7,12,22,31H,8-11,13-17H2,1H3,(H,28,30). The van der Waals surface area contributed by atoms with Crippen molar-refractivity contribution >= 4 is 5.91 Å². The number of amides is 1. The molecule has 1 aliphatic heterocycles. The van der Waals surface area contributed by atoms with Crippen LogP contribution in [-0.2, 0) is 30.8 Å². The van der Waals surface area contributed by atoms with Gasteiger partial charge >= 0.3 is 0 Å². The summed E-state index contributed by atoms with van der Waals surface area (Å²) in [6, 6.07) is 14.5. The third-order valence-corrected chi connectivity index (χ3v) is 7.09. The molecule has 2 aromatic carbocycles. The first kappa shape index (κ1) is 21.4. The van der Waals surface area contributed by atoms with Gasteiger partial charge in [0, 0.05) is 32.1 Å². The molecule has 170 valence electrons. The minimum absolute atomic E-state index is 0.0289. The summed E-state index contributed by atoms with van der Waals surface area (Å²) < 4.78 is 19.5. The van der Waals surface area contributed by atoms with Crippen molar-refractivity contribution in [1.82, 2.24) is 10.2 Å². The van der Waals surface area contributed by atoms with Crippen LogP contribution in [0.1, 0.15) is 48.4 Å². The summed E-state index contributed by atoms with van der Waals surface area (Å²) in [6.07, 6.45) is 2.70. The topological polar surface area (TPSA) is 61.8 Å². The van der Waals surface area contributed by atoms with Gasteiger partial charge in [-0.2, -0.15) is 0 Å². The van der Waals surface area contributed by atoms with Crippen LogP contribution >= 0.6 is 0 Å². The highest BCUT2D eigenvalue weighted by atomic mass is 19.1. The summed E-state index contributed by atoms with van der Waals surface area (Å²) in [5.74, 6) is 0.605. The molecule has 2 fully saturated rings. The zero-order valence-electron chi connectivity index (χ0n) is 18.6. The van der Waals surface area contributed by atoms with Crippen molar-refractivity contribution < 1.29 is 19.0 Å². The molecule has 1 heterocycles. The van der Waals surface area contributed by atoms with Crippen LogP contribution in [0.2, 0.25) is 0 Å². The lowest BCUT2D eigenvalue weighted by molar-refractivity contribution is -0.131. The Morgan fingerprint density at radius 2 is 1.91 bits per heavy atom. The van der Waals surface area contributed by atoms with Crippen molar-refractivity contribution in [3.8, 4) is 5.75 Å². The van der Waals surface area contributed by atoms with E-state index in [2.05, 4.69) is 34.5 Å². The van der Waals surface area contributed by atoms with Crippen LogP contribution in [0.25, 0.3) is 0 Å². The Balaban J connectivity index is 1.11. The van der Waals surface area contributed by atoms with Crippen molar-refractivity contribution in [2.24, 2.45) is 5.92 Å². The molecule has 2 aromatic rings. The number of halogens is 1. The largest absolute Gasteiger partial charge is 0.493 e. The number of carbonyl (C=O) groups is 1. The van der Waals surface area contributed by atoms with E-state index in [0.29, 0.717) is 32.4 Å². The second-order valence-electron chi connectivity index (χ2n) is 9.91. The lowest BCUT2D eigenvalue weighted by Crippen LogP contribution is -2.35. The minimum atomic E-state index is -1.12. The van der Waals surface area contributed by atoms with Gasteiger partial charge < -0.3 is 15.2 Å². The molecular weight excluding hydrogens is 407 g/mol. The minimum Gasteiger partial charge on any atom is -0.493 e. The third kappa shape index (κ3) is 4.81. The molecule has 0 aromatic heterocycles. The fourth-order valence-corrected chi connectivity index (χ4v) is 4.38. The molecule has 0 spiro atoms. The Hall–Kier alpha value is -2.44. The van der Waals surface area contributed by atoms with Gasteiger partial charge in [-0.25, -0.2) is 4.39 Å². The van der Waals surface area contributed by atoms with Crippen LogP contribution < -0.4 is 10.1 Å². The van der Waals surface area contributed by atoms with E-state index in [-0.39, 0.29) is 11.8 Å². The normalized spacial score (nSPS) is 25.7. The molecule has 5 rings (SSSR count). The highest BCUT2D eigenvalue weighted by Crippen LogP contribution is 2.46. The zero-order chi connectivity index (χ0) is 22.3. The van der Waals surface area contributed by atoms with E-state index in [0.717, 1.165) is 37.4 Å². The number of nitrogens with one attached hydrogen (secondary N) is 1. The second kappa shape index (κ2) is 8.16. The molecule has 2 atom stereocenters. The molecule has 5 nitrogen and oxygen atoms in total. The van der Waals surface area contributed by atoms with Gasteiger partial charge in [0.15, 0.2) is 0 Å². The SMILES string of the molecule is CC1(F)CC1COc1ccc2c(c1)CCN(Cc1ccc(CNC(=O)C3(O)CC3)cc1)C2. The predicted octanol–water partition coefficient (Wildman–Crippen LogP) is 3.51. The molecule has 0 bridgehead atoms. The van der Waals surface area contributed by atoms with Crippen molar-refractivity contribution in [2.45, 2.75) is 63.5 Å². The number of carbonyl (C=O) groups excluding carboxylic acids is 1. The van der Waals surface area contributed by atoms with Gasteiger partial charge in [-0.05, 0) is 67.0 Å². The highest BCUT2D eigenvalue weighted by Gasteiger charge is 2.51. The van der Waals surface area contributed by atoms with E-state index < -0.39 is 11.3 Å². The molecule has 2 aliphatic carbocycles. The molecule has 2 saturated carbocycles. The van der Waals surface area contributed by atoms with Gasteiger partial charge in [0.1, 0.15) is 17.0 Å². The van der Waals surface area contributed by atoms with Crippen LogP contribution in [0.4, 0.5) is 4.39 Å². The first-order chi connectivity index (χ1) is 15.3. The van der Waals surface area contributed by atoms with E-state index in [1.807, 2.05) is 18.2 Å². The van der Waals surface area contributed by atoms with Crippen LogP contribution in [0.15, 0.2) is 42.5 Å². The number of alkyl halides is 1. The van der Waals surface area contributed by atoms with Crippen molar-refractivity contribution in [2.75, 3.05) is 13.2 Å². The average molecular weight is 439 g/mol. The Labute approximate surface area is 188 Å². The van der Waals surface area contributed by atoms with E-state index in [9.17, 15) is 14.3 Å². The number of aliphatic hydroxyl groups is 1. The van der Waals surface area contributed by atoms with Gasteiger partial charge in [0.05, 0.1) is 6.61 Å². The zero-order valence-corrected chi connectivity index (χ0v) is 18.6. The van der Waals surface area contributed by atoms with Crippen LogP contribution in [0.5, 0.6) is 5.75 Å². The maximum absolute atomic E-state index is 13.7. The number of hydrogen-bond donors (Lipinski definition) is 2. The van der Waals surface area contributed by atoms with E-state index in [4.69, 9.17) is 4.74 Å². The molecule has 0 saturated heterocycles. The summed E-state index contributed by atoms with van der Waals surface area (Å²) >= 11 is 0. The molecule has 1 amide bonds. The second-order valence-corrected chi connectivity index (χ2v) is 9.91. The lowest BCUT2D eigenvalue weighted by atomic mass is 9.99. The summed E-state index contributed by atoms with van der Waals surface area (Å²) in [5.41, 5.74) is 2.75.